The molecule has 16 heavy (non-hydrogen) atoms. The first kappa shape index (κ1) is 11.6. The van der Waals surface area contributed by atoms with Crippen LogP contribution in [0.3, 0.4) is 0 Å². The highest BCUT2D eigenvalue weighted by molar-refractivity contribution is 6.30. The normalized spacial score (nSPS) is 19.4. The maximum Gasteiger partial charge on any atom is 0.194 e. The van der Waals surface area contributed by atoms with E-state index in [1.165, 1.54) is 0 Å². The van der Waals surface area contributed by atoms with E-state index >= 15 is 0 Å². The Labute approximate surface area is 99.4 Å². The van der Waals surface area contributed by atoms with E-state index in [-0.39, 0.29) is 5.78 Å². The van der Waals surface area contributed by atoms with Crippen LogP contribution in [0.4, 0.5) is 0 Å². The third-order valence-electron chi connectivity index (χ3n) is 2.90. The van der Waals surface area contributed by atoms with Gasteiger partial charge < -0.3 is 5.11 Å². The van der Waals surface area contributed by atoms with Crippen molar-refractivity contribution >= 4 is 17.4 Å². The molecule has 0 aliphatic carbocycles. The maximum atomic E-state index is 12.1. The zero-order valence-electron chi connectivity index (χ0n) is 8.82. The zero-order chi connectivity index (χ0) is 11.6. The van der Waals surface area contributed by atoms with Crippen LogP contribution >= 0.6 is 11.6 Å². The summed E-state index contributed by atoms with van der Waals surface area (Å²) in [6.07, 6.45) is 0.822. The molecule has 0 spiro atoms. The molecule has 0 aromatic heterocycles. The van der Waals surface area contributed by atoms with Crippen LogP contribution in [0.2, 0.25) is 5.02 Å². The predicted molar refractivity (Wildman–Crippen MR) is 61.8 cm³/mol. The van der Waals surface area contributed by atoms with Crippen molar-refractivity contribution in [2.75, 3.05) is 13.1 Å². The molecule has 1 fully saturated rings. The maximum absolute atomic E-state index is 12.1. The van der Waals surface area contributed by atoms with Gasteiger partial charge in [-0.1, -0.05) is 11.6 Å². The van der Waals surface area contributed by atoms with E-state index in [9.17, 15) is 9.90 Å². The molecule has 0 amide bonds. The topological polar surface area (TPSA) is 51.4 Å². The van der Waals surface area contributed by atoms with Gasteiger partial charge in [0.1, 0.15) is 5.60 Å². The standard InChI is InChI=1S/C12H13ClNO2/c13-10-3-1-9(2-4-10)11(15)12(16)5-7-14-8-6-12/h1-4,16H,5-8H2. The van der Waals surface area contributed by atoms with Gasteiger partial charge in [0.15, 0.2) is 5.78 Å². The molecule has 3 nitrogen and oxygen atoms in total. The quantitative estimate of drug-likeness (QED) is 0.797. The highest BCUT2D eigenvalue weighted by atomic mass is 35.5. The minimum Gasteiger partial charge on any atom is -0.382 e. The van der Waals surface area contributed by atoms with E-state index in [0.29, 0.717) is 36.5 Å². The van der Waals surface area contributed by atoms with Gasteiger partial charge in [-0.25, -0.2) is 5.32 Å². The molecular formula is C12H13ClNO2. The second-order valence-corrected chi connectivity index (χ2v) is 4.47. The van der Waals surface area contributed by atoms with Crippen LogP contribution in [0.15, 0.2) is 24.3 Å². The molecule has 0 saturated carbocycles. The van der Waals surface area contributed by atoms with E-state index < -0.39 is 5.60 Å². The summed E-state index contributed by atoms with van der Waals surface area (Å²) in [6, 6.07) is 6.61. The largest absolute Gasteiger partial charge is 0.382 e. The third-order valence-corrected chi connectivity index (χ3v) is 3.15. The van der Waals surface area contributed by atoms with Gasteiger partial charge >= 0.3 is 0 Å². The van der Waals surface area contributed by atoms with E-state index in [2.05, 4.69) is 5.32 Å². The molecular weight excluding hydrogens is 226 g/mol. The molecule has 1 aromatic carbocycles. The highest BCUT2D eigenvalue weighted by Gasteiger charge is 2.37. The molecule has 0 unspecified atom stereocenters. The summed E-state index contributed by atoms with van der Waals surface area (Å²) in [5.41, 5.74) is -0.732. The molecule has 1 aliphatic heterocycles. The van der Waals surface area contributed by atoms with Crippen molar-refractivity contribution in [3.63, 3.8) is 0 Å². The Balaban J connectivity index is 2.20. The second-order valence-electron chi connectivity index (χ2n) is 4.04. The summed E-state index contributed by atoms with van der Waals surface area (Å²) in [5.74, 6) is -0.223. The van der Waals surface area contributed by atoms with Crippen LogP contribution < -0.4 is 5.32 Å². The van der Waals surface area contributed by atoms with E-state index in [0.717, 1.165) is 0 Å². The average molecular weight is 239 g/mol. The van der Waals surface area contributed by atoms with Crippen LogP contribution in [0.1, 0.15) is 23.2 Å². The molecule has 1 N–H and O–H groups in total. The van der Waals surface area contributed by atoms with Gasteiger partial charge in [0.2, 0.25) is 0 Å². The lowest BCUT2D eigenvalue weighted by Gasteiger charge is -2.30. The fourth-order valence-electron chi connectivity index (χ4n) is 1.86. The van der Waals surface area contributed by atoms with Crippen molar-refractivity contribution in [2.24, 2.45) is 0 Å². The van der Waals surface area contributed by atoms with Crippen molar-refractivity contribution < 1.29 is 9.90 Å². The fourth-order valence-corrected chi connectivity index (χ4v) is 1.99. The van der Waals surface area contributed by atoms with Gasteiger partial charge in [-0.2, -0.15) is 0 Å². The monoisotopic (exact) mass is 238 g/mol. The van der Waals surface area contributed by atoms with Gasteiger partial charge in [0.25, 0.3) is 0 Å². The number of hydrogen-bond donors (Lipinski definition) is 1. The van der Waals surface area contributed by atoms with Gasteiger partial charge in [-0.05, 0) is 37.1 Å². The van der Waals surface area contributed by atoms with Crippen LogP contribution in [-0.2, 0) is 0 Å². The molecule has 1 radical (unpaired) electrons. The van der Waals surface area contributed by atoms with Crippen LogP contribution in [0.25, 0.3) is 0 Å². The summed E-state index contributed by atoms with van der Waals surface area (Å²) in [4.78, 5) is 12.1. The number of benzene rings is 1. The van der Waals surface area contributed by atoms with Crippen LogP contribution in [0.5, 0.6) is 0 Å². The first-order valence-corrected chi connectivity index (χ1v) is 5.66. The number of carbonyl (C=O) groups excluding carboxylic acids is 1. The Morgan fingerprint density at radius 1 is 1.25 bits per heavy atom. The summed E-state index contributed by atoms with van der Waals surface area (Å²) in [6.45, 7) is 1.10. The van der Waals surface area contributed by atoms with E-state index in [1.807, 2.05) is 0 Å². The Kier molecular flexibility index (Phi) is 3.28. The van der Waals surface area contributed by atoms with Gasteiger partial charge in [-0.3, -0.25) is 4.79 Å². The number of halogens is 1. The Hall–Kier alpha value is -0.900. The molecule has 2 rings (SSSR count). The van der Waals surface area contributed by atoms with Crippen molar-refractivity contribution in [2.45, 2.75) is 18.4 Å². The summed E-state index contributed by atoms with van der Waals surface area (Å²) < 4.78 is 0. The van der Waals surface area contributed by atoms with Gasteiger partial charge in [-0.15, -0.1) is 0 Å². The number of carbonyl (C=O) groups is 1. The molecule has 4 heteroatoms. The summed E-state index contributed by atoms with van der Waals surface area (Å²) >= 11 is 5.75. The lowest BCUT2D eigenvalue weighted by Crippen LogP contribution is -2.45. The number of hydrogen-bond acceptors (Lipinski definition) is 2. The minimum atomic E-state index is -1.24. The molecule has 0 atom stereocenters. The lowest BCUT2D eigenvalue weighted by molar-refractivity contribution is 0.0150. The number of rotatable bonds is 2. The van der Waals surface area contributed by atoms with Gasteiger partial charge in [0, 0.05) is 23.7 Å². The number of ketones is 1. The van der Waals surface area contributed by atoms with Crippen LogP contribution in [0, 0.1) is 0 Å². The molecule has 1 heterocycles. The van der Waals surface area contributed by atoms with E-state index in [1.54, 1.807) is 24.3 Å². The third kappa shape index (κ3) is 2.26. The number of piperidine rings is 1. The first-order chi connectivity index (χ1) is 7.62. The van der Waals surface area contributed by atoms with Crippen LogP contribution in [-0.4, -0.2) is 29.6 Å². The SMILES string of the molecule is O=C(c1ccc(Cl)cc1)C1(O)CC[N]CC1. The van der Waals surface area contributed by atoms with Crippen molar-refractivity contribution in [3.8, 4) is 0 Å². The lowest BCUT2D eigenvalue weighted by atomic mass is 9.85. The van der Waals surface area contributed by atoms with E-state index in [4.69, 9.17) is 11.6 Å². The second kappa shape index (κ2) is 4.53. The first-order valence-electron chi connectivity index (χ1n) is 5.28. The molecule has 1 aromatic rings. The number of aliphatic hydroxyl groups is 1. The smallest absolute Gasteiger partial charge is 0.194 e. The number of nitrogens with zero attached hydrogens (tertiary/aromatic N) is 1. The molecule has 1 aliphatic rings. The van der Waals surface area contributed by atoms with Gasteiger partial charge in [0.05, 0.1) is 0 Å². The molecule has 1 saturated heterocycles. The van der Waals surface area contributed by atoms with Crippen molar-refractivity contribution in [3.05, 3.63) is 34.9 Å². The minimum absolute atomic E-state index is 0.223. The Morgan fingerprint density at radius 3 is 2.38 bits per heavy atom. The fraction of sp³-hybridized carbons (Fsp3) is 0.417. The Bertz CT molecular complexity index is 383. The summed E-state index contributed by atoms with van der Waals surface area (Å²) in [5, 5.41) is 14.9. The van der Waals surface area contributed by atoms with Crippen molar-refractivity contribution in [1.29, 1.82) is 0 Å². The molecule has 0 bridgehead atoms. The van der Waals surface area contributed by atoms with Crippen molar-refractivity contribution in [1.82, 2.24) is 5.32 Å². The average Bonchev–Trinajstić information content (AvgIpc) is 2.30. The highest BCUT2D eigenvalue weighted by Crippen LogP contribution is 2.24. The molecule has 85 valence electrons. The Morgan fingerprint density at radius 2 is 1.81 bits per heavy atom. The summed E-state index contributed by atoms with van der Waals surface area (Å²) in [7, 11) is 0. The zero-order valence-corrected chi connectivity index (χ0v) is 9.57. The predicted octanol–water partition coefficient (Wildman–Crippen LogP) is 1.65. The number of Topliss-reactive ketones (excluding diaryl/α,β-unsaturated/α-hetero) is 1.